The fourth-order valence-corrected chi connectivity index (χ4v) is 3.26. The molecular formula is C18H18Cl2N6O3. The molecule has 152 valence electrons. The van der Waals surface area contributed by atoms with Crippen LogP contribution in [0.5, 0.6) is 0 Å². The second-order valence-corrected chi connectivity index (χ2v) is 7.05. The molecule has 0 fully saturated rings. The Morgan fingerprint density at radius 2 is 1.93 bits per heavy atom. The molecule has 0 aliphatic carbocycles. The van der Waals surface area contributed by atoms with Crippen molar-refractivity contribution in [2.24, 2.45) is 7.05 Å². The zero-order chi connectivity index (χ0) is 21.1. The van der Waals surface area contributed by atoms with Crippen molar-refractivity contribution in [2.45, 2.75) is 13.5 Å². The highest BCUT2D eigenvalue weighted by molar-refractivity contribution is 6.39. The van der Waals surface area contributed by atoms with Crippen molar-refractivity contribution >= 4 is 51.7 Å². The Labute approximate surface area is 175 Å². The van der Waals surface area contributed by atoms with Gasteiger partial charge in [-0.2, -0.15) is 5.10 Å². The number of nitrogens with zero attached hydrogens (tertiary/aromatic N) is 5. The van der Waals surface area contributed by atoms with Crippen LogP contribution in [0.3, 0.4) is 0 Å². The van der Waals surface area contributed by atoms with Crippen LogP contribution >= 0.6 is 23.2 Å². The number of para-hydroxylation sites is 1. The van der Waals surface area contributed by atoms with Crippen LogP contribution in [-0.2, 0) is 23.2 Å². The zero-order valence-electron chi connectivity index (χ0n) is 15.7. The number of benzene rings is 1. The Balaban J connectivity index is 1.71. The van der Waals surface area contributed by atoms with Crippen molar-refractivity contribution in [3.8, 4) is 0 Å². The summed E-state index contributed by atoms with van der Waals surface area (Å²) < 4.78 is 2.67. The average molecular weight is 437 g/mol. The van der Waals surface area contributed by atoms with Gasteiger partial charge in [-0.05, 0) is 19.1 Å². The molecule has 0 spiro atoms. The van der Waals surface area contributed by atoms with Crippen LogP contribution in [0.15, 0.2) is 35.5 Å². The lowest BCUT2D eigenvalue weighted by molar-refractivity contribution is -0.135. The minimum Gasteiger partial charge on any atom is -0.332 e. The number of hydrogen-bond donors (Lipinski definition) is 1. The molecule has 3 aromatic rings. The third-order valence-corrected chi connectivity index (χ3v) is 4.95. The molecule has 2 heterocycles. The second-order valence-electron chi connectivity index (χ2n) is 6.24. The average Bonchev–Trinajstić information content (AvgIpc) is 3.06. The summed E-state index contributed by atoms with van der Waals surface area (Å²) in [5, 5.41) is 7.51. The number of carbonyl (C=O) groups is 2. The summed E-state index contributed by atoms with van der Waals surface area (Å²) in [6.45, 7) is 1.55. The molecular weight excluding hydrogens is 419 g/mol. The van der Waals surface area contributed by atoms with E-state index in [0.29, 0.717) is 21.1 Å². The minimum atomic E-state index is -0.455. The van der Waals surface area contributed by atoms with Crippen LogP contribution in [0.4, 0.5) is 5.69 Å². The van der Waals surface area contributed by atoms with E-state index >= 15 is 0 Å². The molecule has 0 unspecified atom stereocenters. The summed E-state index contributed by atoms with van der Waals surface area (Å²) in [5.74, 6) is -0.858. The molecule has 0 saturated heterocycles. The number of aryl methyl sites for hydroxylation is 1. The van der Waals surface area contributed by atoms with E-state index in [1.165, 1.54) is 26.7 Å². The number of nitrogens with one attached hydrogen (secondary N) is 1. The van der Waals surface area contributed by atoms with E-state index in [1.807, 2.05) is 0 Å². The Hall–Kier alpha value is -2.91. The minimum absolute atomic E-state index is 0.214. The van der Waals surface area contributed by atoms with Crippen molar-refractivity contribution in [1.82, 2.24) is 24.2 Å². The van der Waals surface area contributed by atoms with Gasteiger partial charge in [0.25, 0.3) is 5.56 Å². The van der Waals surface area contributed by atoms with Gasteiger partial charge >= 0.3 is 0 Å². The highest BCUT2D eigenvalue weighted by atomic mass is 35.5. The molecule has 0 bridgehead atoms. The lowest BCUT2D eigenvalue weighted by Crippen LogP contribution is -2.41. The summed E-state index contributed by atoms with van der Waals surface area (Å²) in [6.07, 6.45) is 2.70. The number of likely N-dealkylation sites (N-methyl/N-ethyl adjacent to an activating group) is 1. The third kappa shape index (κ3) is 4.41. The third-order valence-electron chi connectivity index (χ3n) is 4.32. The predicted octanol–water partition coefficient (Wildman–Crippen LogP) is 1.92. The molecule has 1 N–H and O–H groups in total. The van der Waals surface area contributed by atoms with Crippen LogP contribution in [0, 0.1) is 0 Å². The Morgan fingerprint density at radius 3 is 2.59 bits per heavy atom. The summed E-state index contributed by atoms with van der Waals surface area (Å²) in [4.78, 5) is 43.0. The van der Waals surface area contributed by atoms with Crippen molar-refractivity contribution in [2.75, 3.05) is 18.4 Å². The maximum atomic E-state index is 12.6. The van der Waals surface area contributed by atoms with Crippen LogP contribution in [0.25, 0.3) is 11.0 Å². The Kier molecular flexibility index (Phi) is 6.19. The zero-order valence-corrected chi connectivity index (χ0v) is 17.2. The summed E-state index contributed by atoms with van der Waals surface area (Å²) in [7, 11) is 1.67. The number of carbonyl (C=O) groups excluding carboxylic acids is 2. The van der Waals surface area contributed by atoms with Gasteiger partial charge in [0.1, 0.15) is 18.3 Å². The number of amides is 2. The number of rotatable bonds is 6. The molecule has 0 aliphatic rings. The number of hydrogen-bond acceptors (Lipinski definition) is 5. The smallest absolute Gasteiger partial charge is 0.264 e. The highest BCUT2D eigenvalue weighted by Gasteiger charge is 2.19. The van der Waals surface area contributed by atoms with E-state index in [2.05, 4.69) is 15.4 Å². The lowest BCUT2D eigenvalue weighted by atomic mass is 10.3. The van der Waals surface area contributed by atoms with E-state index in [-0.39, 0.29) is 30.9 Å². The van der Waals surface area contributed by atoms with E-state index in [9.17, 15) is 14.4 Å². The van der Waals surface area contributed by atoms with E-state index < -0.39 is 11.8 Å². The molecule has 11 heteroatoms. The van der Waals surface area contributed by atoms with Gasteiger partial charge in [-0.15, -0.1) is 0 Å². The lowest BCUT2D eigenvalue weighted by Gasteiger charge is -2.21. The van der Waals surface area contributed by atoms with E-state index in [0.717, 1.165) is 0 Å². The predicted molar refractivity (Wildman–Crippen MR) is 110 cm³/mol. The van der Waals surface area contributed by atoms with Gasteiger partial charge in [-0.25, -0.2) is 4.98 Å². The Morgan fingerprint density at radius 1 is 1.24 bits per heavy atom. The van der Waals surface area contributed by atoms with Crippen molar-refractivity contribution < 1.29 is 9.59 Å². The molecule has 0 radical (unpaired) electrons. The number of anilines is 1. The summed E-state index contributed by atoms with van der Waals surface area (Å²) in [6, 6.07) is 4.85. The topological polar surface area (TPSA) is 102 Å². The van der Waals surface area contributed by atoms with E-state index in [1.54, 1.807) is 32.2 Å². The quantitative estimate of drug-likeness (QED) is 0.635. The first kappa shape index (κ1) is 20.8. The first-order valence-corrected chi connectivity index (χ1v) is 9.46. The molecule has 0 atom stereocenters. The number of fused-ring (bicyclic) bond motifs is 1. The highest BCUT2D eigenvalue weighted by Crippen LogP contribution is 2.29. The maximum Gasteiger partial charge on any atom is 0.264 e. The van der Waals surface area contributed by atoms with Gasteiger partial charge in [0.05, 0.1) is 28.5 Å². The van der Waals surface area contributed by atoms with Crippen molar-refractivity contribution in [1.29, 1.82) is 0 Å². The standard InChI is InChI=1S/C18H18Cl2N6O3/c1-3-25(8-14(27)23-16-12(19)5-4-6-13(16)20)15(28)9-26-10-21-17-11(18(26)29)7-22-24(17)2/h4-7,10H,3,8-9H2,1-2H3,(H,23,27). The maximum absolute atomic E-state index is 12.6. The largest absolute Gasteiger partial charge is 0.332 e. The van der Waals surface area contributed by atoms with Gasteiger partial charge in [0.15, 0.2) is 5.65 Å². The molecule has 2 amide bonds. The second kappa shape index (κ2) is 8.62. The van der Waals surface area contributed by atoms with Crippen molar-refractivity contribution in [3.63, 3.8) is 0 Å². The van der Waals surface area contributed by atoms with Crippen LogP contribution in [-0.4, -0.2) is 49.1 Å². The molecule has 29 heavy (non-hydrogen) atoms. The molecule has 1 aromatic carbocycles. The van der Waals surface area contributed by atoms with Gasteiger partial charge in [-0.3, -0.25) is 23.6 Å². The monoisotopic (exact) mass is 436 g/mol. The van der Waals surface area contributed by atoms with Gasteiger partial charge in [-0.1, -0.05) is 29.3 Å². The van der Waals surface area contributed by atoms with Crippen molar-refractivity contribution in [3.05, 3.63) is 51.1 Å². The molecule has 9 nitrogen and oxygen atoms in total. The molecule has 3 rings (SSSR count). The fourth-order valence-electron chi connectivity index (χ4n) is 2.77. The van der Waals surface area contributed by atoms with Gasteiger partial charge in [0, 0.05) is 13.6 Å². The first-order valence-electron chi connectivity index (χ1n) is 8.70. The normalized spacial score (nSPS) is 10.9. The van der Waals surface area contributed by atoms with E-state index in [4.69, 9.17) is 23.2 Å². The Bertz CT molecular complexity index is 1120. The number of halogens is 2. The fraction of sp³-hybridized carbons (Fsp3) is 0.278. The molecule has 0 saturated carbocycles. The first-order chi connectivity index (χ1) is 13.8. The molecule has 0 aliphatic heterocycles. The van der Waals surface area contributed by atoms with Crippen LogP contribution in [0.2, 0.25) is 10.0 Å². The van der Waals surface area contributed by atoms with Gasteiger partial charge < -0.3 is 10.2 Å². The van der Waals surface area contributed by atoms with Crippen LogP contribution < -0.4 is 10.9 Å². The van der Waals surface area contributed by atoms with Crippen LogP contribution in [0.1, 0.15) is 6.92 Å². The summed E-state index contributed by atoms with van der Waals surface area (Å²) >= 11 is 12.1. The van der Waals surface area contributed by atoms with Gasteiger partial charge in [0.2, 0.25) is 11.8 Å². The molecule has 2 aromatic heterocycles. The SMILES string of the molecule is CCN(CC(=O)Nc1c(Cl)cccc1Cl)C(=O)Cn1cnc2c(cnn2C)c1=O. The summed E-state index contributed by atoms with van der Waals surface area (Å²) in [5.41, 5.74) is 0.341. The number of aromatic nitrogens is 4.